The van der Waals surface area contributed by atoms with E-state index in [4.69, 9.17) is 0 Å². The molecule has 2 fully saturated rings. The van der Waals surface area contributed by atoms with Crippen LogP contribution in [0.3, 0.4) is 0 Å². The lowest BCUT2D eigenvalue weighted by molar-refractivity contribution is -0.133. The maximum absolute atomic E-state index is 12.9. The summed E-state index contributed by atoms with van der Waals surface area (Å²) >= 11 is 0. The number of rotatable bonds is 4. The van der Waals surface area contributed by atoms with Crippen LogP contribution >= 0.6 is 0 Å². The van der Waals surface area contributed by atoms with Crippen LogP contribution in [0.5, 0.6) is 0 Å². The first-order valence-corrected chi connectivity index (χ1v) is 10.5. The normalized spacial score (nSPS) is 18.1. The Labute approximate surface area is 171 Å². The molecule has 2 aliphatic heterocycles. The number of likely N-dealkylation sites (tertiary alicyclic amines) is 1. The maximum Gasteiger partial charge on any atom is 0.253 e. The fraction of sp³-hybridized carbons (Fsp3) is 0.500. The quantitative estimate of drug-likeness (QED) is 0.794. The molecule has 1 aromatic carbocycles. The third-order valence-electron chi connectivity index (χ3n) is 5.92. The van der Waals surface area contributed by atoms with Crippen LogP contribution in [-0.4, -0.2) is 82.1 Å². The Morgan fingerprint density at radius 2 is 1.55 bits per heavy atom. The van der Waals surface area contributed by atoms with Crippen molar-refractivity contribution in [3.8, 4) is 5.69 Å². The molecule has 3 heterocycles. The van der Waals surface area contributed by atoms with Crippen molar-refractivity contribution >= 4 is 11.8 Å². The standard InChI is InChI=1S/C22H29N5O2/c1-18-9-10-23-27(18)20-7-5-19(6-8-20)22(29)26-15-13-24(14-16-26)17-21(28)25-11-3-2-4-12-25/h5-10H,2-4,11-17H2,1H3. The van der Waals surface area contributed by atoms with Gasteiger partial charge in [-0.3, -0.25) is 14.5 Å². The van der Waals surface area contributed by atoms with Gasteiger partial charge in [-0.1, -0.05) is 0 Å². The smallest absolute Gasteiger partial charge is 0.253 e. The number of benzene rings is 1. The molecule has 0 N–H and O–H groups in total. The minimum Gasteiger partial charge on any atom is -0.342 e. The second-order valence-electron chi connectivity index (χ2n) is 7.94. The number of aryl methyl sites for hydroxylation is 1. The third-order valence-corrected chi connectivity index (χ3v) is 5.92. The molecule has 154 valence electrons. The minimum absolute atomic E-state index is 0.0516. The van der Waals surface area contributed by atoms with Crippen molar-refractivity contribution in [3.05, 3.63) is 47.8 Å². The number of carbonyl (C=O) groups is 2. The van der Waals surface area contributed by atoms with E-state index in [0.717, 1.165) is 50.4 Å². The van der Waals surface area contributed by atoms with E-state index in [9.17, 15) is 9.59 Å². The van der Waals surface area contributed by atoms with Crippen LogP contribution in [-0.2, 0) is 4.79 Å². The highest BCUT2D eigenvalue weighted by atomic mass is 16.2. The van der Waals surface area contributed by atoms with Crippen LogP contribution in [0.2, 0.25) is 0 Å². The van der Waals surface area contributed by atoms with Gasteiger partial charge in [0.15, 0.2) is 0 Å². The summed E-state index contributed by atoms with van der Waals surface area (Å²) in [6.07, 6.45) is 5.23. The van der Waals surface area contributed by atoms with Gasteiger partial charge in [-0.25, -0.2) is 4.68 Å². The zero-order valence-electron chi connectivity index (χ0n) is 17.1. The lowest BCUT2D eigenvalue weighted by Gasteiger charge is -2.36. The predicted octanol–water partition coefficient (Wildman–Crippen LogP) is 1.95. The Balaban J connectivity index is 1.29. The summed E-state index contributed by atoms with van der Waals surface area (Å²) in [6.45, 7) is 7.07. The molecule has 0 radical (unpaired) electrons. The maximum atomic E-state index is 12.9. The van der Waals surface area contributed by atoms with Gasteiger partial charge in [0.05, 0.1) is 12.2 Å². The van der Waals surface area contributed by atoms with Crippen molar-refractivity contribution in [3.63, 3.8) is 0 Å². The fourth-order valence-electron chi connectivity index (χ4n) is 4.11. The summed E-state index contributed by atoms with van der Waals surface area (Å²) < 4.78 is 1.85. The number of aromatic nitrogens is 2. The second-order valence-corrected chi connectivity index (χ2v) is 7.94. The minimum atomic E-state index is 0.0516. The van der Waals surface area contributed by atoms with Crippen LogP contribution in [0.15, 0.2) is 36.5 Å². The number of hydrogen-bond acceptors (Lipinski definition) is 4. The van der Waals surface area contributed by atoms with Gasteiger partial charge in [-0.05, 0) is 56.5 Å². The first kappa shape index (κ1) is 19.6. The highest BCUT2D eigenvalue weighted by Crippen LogP contribution is 2.15. The Bertz CT molecular complexity index is 846. The van der Waals surface area contributed by atoms with Gasteiger partial charge in [0.1, 0.15) is 0 Å². The van der Waals surface area contributed by atoms with E-state index in [2.05, 4.69) is 10.00 Å². The number of amides is 2. The zero-order valence-corrected chi connectivity index (χ0v) is 17.1. The summed E-state index contributed by atoms with van der Waals surface area (Å²) in [7, 11) is 0. The molecule has 1 aromatic heterocycles. The molecule has 0 unspecified atom stereocenters. The first-order chi connectivity index (χ1) is 14.1. The van der Waals surface area contributed by atoms with E-state index in [1.165, 1.54) is 6.42 Å². The highest BCUT2D eigenvalue weighted by Gasteiger charge is 2.25. The van der Waals surface area contributed by atoms with Crippen LogP contribution in [0, 0.1) is 6.92 Å². The molecule has 29 heavy (non-hydrogen) atoms. The SMILES string of the molecule is Cc1ccnn1-c1ccc(C(=O)N2CCN(CC(=O)N3CCCCC3)CC2)cc1. The van der Waals surface area contributed by atoms with Crippen molar-refractivity contribution in [1.82, 2.24) is 24.5 Å². The molecule has 0 aliphatic carbocycles. The van der Waals surface area contributed by atoms with Crippen LogP contribution in [0.4, 0.5) is 0 Å². The predicted molar refractivity (Wildman–Crippen MR) is 111 cm³/mol. The average Bonchev–Trinajstić information content (AvgIpc) is 3.20. The van der Waals surface area contributed by atoms with E-state index in [-0.39, 0.29) is 11.8 Å². The molecule has 0 saturated carbocycles. The fourth-order valence-corrected chi connectivity index (χ4v) is 4.11. The van der Waals surface area contributed by atoms with Crippen molar-refractivity contribution in [2.75, 3.05) is 45.8 Å². The molecule has 2 aliphatic rings. The topological polar surface area (TPSA) is 61.7 Å². The monoisotopic (exact) mass is 395 g/mol. The molecule has 2 amide bonds. The van der Waals surface area contributed by atoms with Crippen LogP contribution in [0.25, 0.3) is 5.69 Å². The van der Waals surface area contributed by atoms with Crippen LogP contribution in [0.1, 0.15) is 35.3 Å². The van der Waals surface area contributed by atoms with E-state index >= 15 is 0 Å². The zero-order chi connectivity index (χ0) is 20.2. The Morgan fingerprint density at radius 1 is 0.862 bits per heavy atom. The lowest BCUT2D eigenvalue weighted by atomic mass is 10.1. The molecule has 7 nitrogen and oxygen atoms in total. The summed E-state index contributed by atoms with van der Waals surface area (Å²) in [5.41, 5.74) is 2.70. The van der Waals surface area contributed by atoms with E-state index in [1.54, 1.807) is 6.20 Å². The number of piperazine rings is 1. The van der Waals surface area contributed by atoms with E-state index < -0.39 is 0 Å². The molecule has 0 bridgehead atoms. The van der Waals surface area contributed by atoms with Crippen molar-refractivity contribution in [2.24, 2.45) is 0 Å². The van der Waals surface area contributed by atoms with Crippen molar-refractivity contribution in [1.29, 1.82) is 0 Å². The highest BCUT2D eigenvalue weighted by molar-refractivity contribution is 5.94. The van der Waals surface area contributed by atoms with Gasteiger partial charge >= 0.3 is 0 Å². The van der Waals surface area contributed by atoms with Crippen molar-refractivity contribution < 1.29 is 9.59 Å². The summed E-state index contributed by atoms with van der Waals surface area (Å²) in [6, 6.07) is 9.55. The molecular formula is C22H29N5O2. The summed E-state index contributed by atoms with van der Waals surface area (Å²) in [5.74, 6) is 0.282. The number of hydrogen-bond donors (Lipinski definition) is 0. The second kappa shape index (κ2) is 8.78. The van der Waals surface area contributed by atoms with Gasteiger partial charge in [0.25, 0.3) is 5.91 Å². The van der Waals surface area contributed by atoms with Gasteiger partial charge in [0, 0.05) is 56.7 Å². The van der Waals surface area contributed by atoms with Gasteiger partial charge in [-0.15, -0.1) is 0 Å². The van der Waals surface area contributed by atoms with Gasteiger partial charge in [-0.2, -0.15) is 5.10 Å². The molecule has 0 spiro atoms. The molecule has 2 aromatic rings. The van der Waals surface area contributed by atoms with E-state index in [1.807, 2.05) is 51.7 Å². The number of nitrogens with zero attached hydrogens (tertiary/aromatic N) is 5. The molecule has 7 heteroatoms. The largest absolute Gasteiger partial charge is 0.342 e. The van der Waals surface area contributed by atoms with E-state index in [0.29, 0.717) is 25.2 Å². The molecule has 2 saturated heterocycles. The molecule has 4 rings (SSSR count). The Morgan fingerprint density at radius 3 is 2.17 bits per heavy atom. The number of carbonyl (C=O) groups excluding carboxylic acids is 2. The Hall–Kier alpha value is -2.67. The lowest BCUT2D eigenvalue weighted by Crippen LogP contribution is -2.52. The molecular weight excluding hydrogens is 366 g/mol. The summed E-state index contributed by atoms with van der Waals surface area (Å²) in [4.78, 5) is 31.3. The number of piperidine rings is 1. The molecule has 0 atom stereocenters. The van der Waals surface area contributed by atoms with Gasteiger partial charge in [0.2, 0.25) is 5.91 Å². The first-order valence-electron chi connectivity index (χ1n) is 10.5. The van der Waals surface area contributed by atoms with Crippen molar-refractivity contribution in [2.45, 2.75) is 26.2 Å². The van der Waals surface area contributed by atoms with Crippen LogP contribution < -0.4 is 0 Å². The van der Waals surface area contributed by atoms with Gasteiger partial charge < -0.3 is 9.80 Å². The summed E-state index contributed by atoms with van der Waals surface area (Å²) in [5, 5.41) is 4.30. The third kappa shape index (κ3) is 4.50. The average molecular weight is 396 g/mol. The Kier molecular flexibility index (Phi) is 5.94.